The van der Waals surface area contributed by atoms with Gasteiger partial charge in [0.25, 0.3) is 5.91 Å². The average molecular weight is 295 g/mol. The molecule has 1 aliphatic heterocycles. The Morgan fingerprint density at radius 3 is 2.57 bits per heavy atom. The van der Waals surface area contributed by atoms with Crippen LogP contribution in [0.3, 0.4) is 0 Å². The lowest BCUT2D eigenvalue weighted by atomic mass is 9.75. The molecule has 6 nitrogen and oxygen atoms in total. The van der Waals surface area contributed by atoms with Crippen molar-refractivity contribution < 1.29 is 14.4 Å². The quantitative estimate of drug-likeness (QED) is 0.753. The maximum Gasteiger partial charge on any atom is 0.325 e. The predicted molar refractivity (Wildman–Crippen MR) is 78.5 cm³/mol. The summed E-state index contributed by atoms with van der Waals surface area (Å²) in [5.74, 6) is 0.135. The Morgan fingerprint density at radius 2 is 2.00 bits per heavy atom. The van der Waals surface area contributed by atoms with Gasteiger partial charge >= 0.3 is 6.03 Å². The Morgan fingerprint density at radius 1 is 1.33 bits per heavy atom. The number of urea groups is 1. The number of nitrogens with one attached hydrogen (secondary N) is 2. The first-order valence-corrected chi connectivity index (χ1v) is 7.93. The molecule has 1 saturated carbocycles. The van der Waals surface area contributed by atoms with Crippen LogP contribution >= 0.6 is 0 Å². The number of imide groups is 1. The summed E-state index contributed by atoms with van der Waals surface area (Å²) in [5.41, 5.74) is -0.756. The van der Waals surface area contributed by atoms with Crippen molar-refractivity contribution >= 4 is 17.8 Å². The molecule has 0 bridgehead atoms. The Balaban J connectivity index is 1.98. The van der Waals surface area contributed by atoms with Gasteiger partial charge in [0.05, 0.1) is 0 Å². The van der Waals surface area contributed by atoms with E-state index in [1.807, 2.05) is 6.92 Å². The van der Waals surface area contributed by atoms with Gasteiger partial charge < -0.3 is 10.6 Å². The van der Waals surface area contributed by atoms with Crippen molar-refractivity contribution in [2.45, 2.75) is 57.9 Å². The van der Waals surface area contributed by atoms with Gasteiger partial charge in [0.1, 0.15) is 12.1 Å². The third-order valence-corrected chi connectivity index (χ3v) is 4.66. The molecule has 1 spiro atoms. The monoisotopic (exact) mass is 295 g/mol. The van der Waals surface area contributed by atoms with Crippen molar-refractivity contribution in [2.75, 3.05) is 13.1 Å². The Labute approximate surface area is 125 Å². The molecule has 0 unspecified atom stereocenters. The normalized spacial score (nSPS) is 28.9. The van der Waals surface area contributed by atoms with Gasteiger partial charge in [-0.25, -0.2) is 4.79 Å². The highest BCUT2D eigenvalue weighted by Gasteiger charge is 2.52. The van der Waals surface area contributed by atoms with Crippen molar-refractivity contribution in [1.82, 2.24) is 15.5 Å². The summed E-state index contributed by atoms with van der Waals surface area (Å²) in [5, 5.41) is 5.53. The fourth-order valence-electron chi connectivity index (χ4n) is 3.20. The second-order valence-electron chi connectivity index (χ2n) is 6.11. The summed E-state index contributed by atoms with van der Waals surface area (Å²) >= 11 is 0. The largest absolute Gasteiger partial charge is 0.355 e. The van der Waals surface area contributed by atoms with E-state index in [9.17, 15) is 14.4 Å². The Hall–Kier alpha value is -1.59. The lowest BCUT2D eigenvalue weighted by molar-refractivity contribution is -0.136. The average Bonchev–Trinajstić information content (AvgIpc) is 2.70. The number of rotatable bonds is 5. The molecule has 6 heteroatoms. The molecule has 2 N–H and O–H groups in total. The van der Waals surface area contributed by atoms with E-state index < -0.39 is 11.6 Å². The van der Waals surface area contributed by atoms with Gasteiger partial charge in [0, 0.05) is 6.54 Å². The fraction of sp³-hybridized carbons (Fsp3) is 0.800. The van der Waals surface area contributed by atoms with E-state index in [4.69, 9.17) is 0 Å². The molecule has 1 saturated heterocycles. The number of hydrogen-bond donors (Lipinski definition) is 2. The van der Waals surface area contributed by atoms with Crippen LogP contribution in [0.2, 0.25) is 0 Å². The third kappa shape index (κ3) is 3.19. The van der Waals surface area contributed by atoms with Crippen LogP contribution in [0.15, 0.2) is 0 Å². The summed E-state index contributed by atoms with van der Waals surface area (Å²) < 4.78 is 0. The van der Waals surface area contributed by atoms with E-state index in [2.05, 4.69) is 17.6 Å². The first-order chi connectivity index (χ1) is 10.0. The van der Waals surface area contributed by atoms with Crippen molar-refractivity contribution in [1.29, 1.82) is 0 Å². The van der Waals surface area contributed by atoms with Gasteiger partial charge in [-0.1, -0.05) is 20.3 Å². The molecule has 21 heavy (non-hydrogen) atoms. The van der Waals surface area contributed by atoms with E-state index in [1.165, 1.54) is 0 Å². The fourth-order valence-corrected chi connectivity index (χ4v) is 3.20. The molecular formula is C15H25N3O3. The lowest BCUT2D eigenvalue weighted by Gasteiger charge is -2.34. The molecule has 2 fully saturated rings. The molecule has 0 aromatic rings. The summed E-state index contributed by atoms with van der Waals surface area (Å²) in [6, 6.07) is -0.429. The minimum absolute atomic E-state index is 0.177. The Bertz CT molecular complexity index is 428. The topological polar surface area (TPSA) is 78.5 Å². The van der Waals surface area contributed by atoms with Gasteiger partial charge in [-0.15, -0.1) is 0 Å². The molecule has 118 valence electrons. The highest BCUT2D eigenvalue weighted by Crippen LogP contribution is 2.37. The summed E-state index contributed by atoms with van der Waals surface area (Å²) in [6.45, 7) is 4.49. The highest BCUT2D eigenvalue weighted by molar-refractivity contribution is 6.09. The van der Waals surface area contributed by atoms with Crippen LogP contribution in [0.4, 0.5) is 4.79 Å². The second kappa shape index (κ2) is 6.45. The molecule has 0 aromatic carbocycles. The summed E-state index contributed by atoms with van der Waals surface area (Å²) in [7, 11) is 0. The van der Waals surface area contributed by atoms with Crippen molar-refractivity contribution in [3.05, 3.63) is 0 Å². The van der Waals surface area contributed by atoms with Gasteiger partial charge in [-0.3, -0.25) is 14.5 Å². The van der Waals surface area contributed by atoms with Crippen LogP contribution in [0.5, 0.6) is 0 Å². The molecule has 1 aliphatic carbocycles. The van der Waals surface area contributed by atoms with Crippen LogP contribution in [0, 0.1) is 5.92 Å². The van der Waals surface area contributed by atoms with Crippen molar-refractivity contribution in [3.63, 3.8) is 0 Å². The zero-order valence-corrected chi connectivity index (χ0v) is 12.9. The molecule has 1 heterocycles. The van der Waals surface area contributed by atoms with Gasteiger partial charge in [-0.2, -0.15) is 0 Å². The first-order valence-electron chi connectivity index (χ1n) is 7.93. The maximum absolute atomic E-state index is 12.6. The van der Waals surface area contributed by atoms with E-state index >= 15 is 0 Å². The predicted octanol–water partition coefficient (Wildman–Crippen LogP) is 1.40. The molecule has 2 rings (SSSR count). The molecule has 0 radical (unpaired) electrons. The van der Waals surface area contributed by atoms with Gasteiger partial charge in [0.2, 0.25) is 5.91 Å². The zero-order valence-electron chi connectivity index (χ0n) is 12.9. The molecule has 4 amide bonds. The number of amides is 4. The molecule has 2 aliphatic rings. The van der Waals surface area contributed by atoms with Gasteiger partial charge in [-0.05, 0) is 38.0 Å². The summed E-state index contributed by atoms with van der Waals surface area (Å²) in [4.78, 5) is 37.4. The van der Waals surface area contributed by atoms with Crippen molar-refractivity contribution in [3.8, 4) is 0 Å². The first kappa shape index (κ1) is 15.8. The van der Waals surface area contributed by atoms with E-state index in [0.717, 1.165) is 30.6 Å². The number of hydrogen-bond acceptors (Lipinski definition) is 3. The van der Waals surface area contributed by atoms with Gasteiger partial charge in [0.15, 0.2) is 0 Å². The smallest absolute Gasteiger partial charge is 0.325 e. The maximum atomic E-state index is 12.6. The van der Waals surface area contributed by atoms with Crippen LogP contribution in [-0.2, 0) is 9.59 Å². The minimum atomic E-state index is -0.756. The van der Waals surface area contributed by atoms with E-state index in [1.54, 1.807) is 0 Å². The second-order valence-corrected chi connectivity index (χ2v) is 6.11. The standard InChI is InChI=1S/C15H25N3O3/c1-3-9-16-12(19)10-18-13(20)15(17-14(18)21)7-5-11(4-2)6-8-15/h11H,3-10H2,1-2H3,(H,16,19)(H,17,21). The van der Waals surface area contributed by atoms with Crippen molar-refractivity contribution in [2.24, 2.45) is 5.92 Å². The SMILES string of the molecule is CCCNC(=O)CN1C(=O)NC2(CCC(CC)CC2)C1=O. The number of nitrogens with zero attached hydrogens (tertiary/aromatic N) is 1. The van der Waals surface area contributed by atoms with E-state index in [-0.39, 0.29) is 18.4 Å². The Kier molecular flexibility index (Phi) is 4.85. The van der Waals surface area contributed by atoms with Crippen LogP contribution in [-0.4, -0.2) is 41.4 Å². The lowest BCUT2D eigenvalue weighted by Crippen LogP contribution is -2.50. The number of carbonyl (C=O) groups is 3. The van der Waals surface area contributed by atoms with Crippen LogP contribution < -0.4 is 10.6 Å². The molecule has 0 atom stereocenters. The van der Waals surface area contributed by atoms with E-state index in [0.29, 0.717) is 25.3 Å². The molecule has 0 aromatic heterocycles. The minimum Gasteiger partial charge on any atom is -0.355 e. The highest BCUT2D eigenvalue weighted by atomic mass is 16.2. The molecular weight excluding hydrogens is 270 g/mol. The zero-order chi connectivity index (χ0) is 15.5. The van der Waals surface area contributed by atoms with Crippen LogP contribution in [0.25, 0.3) is 0 Å². The number of carbonyl (C=O) groups excluding carboxylic acids is 3. The third-order valence-electron chi connectivity index (χ3n) is 4.66. The van der Waals surface area contributed by atoms with Crippen LogP contribution in [0.1, 0.15) is 52.4 Å². The summed E-state index contributed by atoms with van der Waals surface area (Å²) in [6.07, 6.45) is 5.22.